The molecule has 4 fully saturated rings. The molecule has 4 saturated heterocycles. The van der Waals surface area contributed by atoms with E-state index in [-0.39, 0.29) is 46.7 Å². The molecule has 24 heteroatoms. The van der Waals surface area contributed by atoms with Gasteiger partial charge in [-0.2, -0.15) is 0 Å². The van der Waals surface area contributed by atoms with E-state index in [2.05, 4.69) is 13.2 Å². The van der Waals surface area contributed by atoms with E-state index in [1.54, 1.807) is 68.7 Å². The van der Waals surface area contributed by atoms with Crippen molar-refractivity contribution in [2.75, 3.05) is 36.2 Å². The number of thiocarbonyl (C=S) groups is 4. The fourth-order valence-corrected chi connectivity index (χ4v) is 16.1. The maximum absolute atomic E-state index is 13.3. The molecule has 0 spiro atoms. The number of amides is 4. The van der Waals surface area contributed by atoms with Crippen LogP contribution in [-0.2, 0) is 26.2 Å². The number of hydrogen-bond acceptors (Lipinski definition) is 18. The van der Waals surface area contributed by atoms with Crippen molar-refractivity contribution in [1.29, 1.82) is 0 Å². The number of thioether (sulfide) groups is 4. The summed E-state index contributed by atoms with van der Waals surface area (Å²) in [6.45, 7) is 18.5. The number of benzene rings is 8. The maximum atomic E-state index is 13.3. The molecule has 0 radical (unpaired) electrons. The second-order valence-electron chi connectivity index (χ2n) is 23.4. The Bertz CT molecular complexity index is 5060. The molecule has 9 aromatic rings. The Morgan fingerprint density at radius 1 is 0.477 bits per heavy atom. The fraction of sp³-hybridized carbons (Fsp3) is 0.133. The highest BCUT2D eigenvalue weighted by Crippen LogP contribution is 2.41. The molecule has 1 atom stereocenters. The summed E-state index contributed by atoms with van der Waals surface area (Å²) in [6.07, 6.45) is 10.7. The highest BCUT2D eigenvalue weighted by molar-refractivity contribution is 8.28. The molecule has 1 unspecified atom stereocenters. The van der Waals surface area contributed by atoms with Gasteiger partial charge in [0, 0.05) is 19.2 Å². The molecule has 107 heavy (non-hydrogen) atoms. The Morgan fingerprint density at radius 3 is 1.48 bits per heavy atom. The molecule has 13 rings (SSSR count). The number of ketones is 1. The molecular formula is C83H72N6O10S8. The van der Waals surface area contributed by atoms with Crippen LogP contribution in [-0.4, -0.2) is 92.2 Å². The largest absolute Gasteiger partial charge is 0.494 e. The molecule has 4 aliphatic heterocycles. The first kappa shape index (κ1) is 79.3. The third-order valence-electron chi connectivity index (χ3n) is 16.2. The first-order valence-electron chi connectivity index (χ1n) is 33.5. The molecule has 0 saturated carbocycles. The van der Waals surface area contributed by atoms with Crippen LogP contribution < -0.4 is 34.3 Å². The normalized spacial score (nSPS) is 15.8. The lowest BCUT2D eigenvalue weighted by atomic mass is 10.1. The summed E-state index contributed by atoms with van der Waals surface area (Å²) in [5.74, 6) is 3.15. The molecule has 4 aliphatic rings. The zero-order valence-corrected chi connectivity index (χ0v) is 65.6. The van der Waals surface area contributed by atoms with Gasteiger partial charge in [-0.05, 0) is 172 Å². The van der Waals surface area contributed by atoms with E-state index < -0.39 is 0 Å². The maximum Gasteiger partial charge on any atom is 0.296 e. The van der Waals surface area contributed by atoms with Gasteiger partial charge in [-0.15, -0.1) is 6.58 Å². The molecular weight excluding hydrogens is 1500 g/mol. The van der Waals surface area contributed by atoms with Crippen LogP contribution in [0.2, 0.25) is 0 Å². The van der Waals surface area contributed by atoms with Crippen molar-refractivity contribution in [1.82, 2.24) is 19.2 Å². The molecule has 1 aromatic heterocycles. The van der Waals surface area contributed by atoms with Crippen LogP contribution >= 0.6 is 95.9 Å². The monoisotopic (exact) mass is 1570 g/mol. The first-order chi connectivity index (χ1) is 51.7. The van der Waals surface area contributed by atoms with Crippen molar-refractivity contribution in [3.8, 4) is 34.4 Å². The van der Waals surface area contributed by atoms with Crippen LogP contribution in [0.1, 0.15) is 77.6 Å². The molecule has 0 N–H and O–H groups in total. The molecule has 8 aromatic carbocycles. The Balaban J connectivity index is 0.000000153. The van der Waals surface area contributed by atoms with E-state index >= 15 is 0 Å². The summed E-state index contributed by atoms with van der Waals surface area (Å²) >= 11 is 26.7. The Labute approximate surface area is 660 Å². The van der Waals surface area contributed by atoms with Gasteiger partial charge in [-0.1, -0.05) is 242 Å². The van der Waals surface area contributed by atoms with E-state index in [0.29, 0.717) is 80.2 Å². The number of nitrogens with zero attached hydrogens (tertiary/aromatic N) is 6. The van der Waals surface area contributed by atoms with Gasteiger partial charge >= 0.3 is 0 Å². The number of para-hydroxylation sites is 2. The Morgan fingerprint density at radius 2 is 0.935 bits per heavy atom. The predicted molar refractivity (Wildman–Crippen MR) is 454 cm³/mol. The lowest BCUT2D eigenvalue weighted by Gasteiger charge is -2.23. The van der Waals surface area contributed by atoms with Crippen molar-refractivity contribution in [3.05, 3.63) is 307 Å². The quantitative estimate of drug-likeness (QED) is 0.0289. The predicted octanol–water partition coefficient (Wildman–Crippen LogP) is 19.1. The van der Waals surface area contributed by atoms with Crippen LogP contribution in [0, 0.1) is 6.92 Å². The third kappa shape index (κ3) is 20.1. The first-order valence-corrected chi connectivity index (χ1v) is 38.4. The van der Waals surface area contributed by atoms with Crippen LogP contribution in [0.15, 0.2) is 262 Å². The van der Waals surface area contributed by atoms with Gasteiger partial charge in [0.25, 0.3) is 29.2 Å². The van der Waals surface area contributed by atoms with E-state index in [9.17, 15) is 28.8 Å². The zero-order valence-electron chi connectivity index (χ0n) is 59.0. The van der Waals surface area contributed by atoms with Crippen molar-refractivity contribution >= 4 is 178 Å². The van der Waals surface area contributed by atoms with Gasteiger partial charge in [-0.25, -0.2) is 4.68 Å². The van der Waals surface area contributed by atoms with Gasteiger partial charge < -0.3 is 18.9 Å². The smallest absolute Gasteiger partial charge is 0.296 e. The minimum Gasteiger partial charge on any atom is -0.494 e. The number of carbonyl (C=O) groups excluding carboxylic acids is 5. The summed E-state index contributed by atoms with van der Waals surface area (Å²) < 4.78 is 27.4. The summed E-state index contributed by atoms with van der Waals surface area (Å²) in [7, 11) is 1.79. The lowest BCUT2D eigenvalue weighted by Crippen LogP contribution is -2.33. The highest BCUT2D eigenvalue weighted by atomic mass is 32.2. The average molecular weight is 1570 g/mol. The van der Waals surface area contributed by atoms with Gasteiger partial charge in [0.1, 0.15) is 49.7 Å². The van der Waals surface area contributed by atoms with E-state index in [4.69, 9.17) is 67.8 Å². The van der Waals surface area contributed by atoms with Crippen molar-refractivity contribution in [2.45, 2.75) is 40.7 Å². The summed E-state index contributed by atoms with van der Waals surface area (Å²) in [5, 5.41) is 0. The van der Waals surface area contributed by atoms with E-state index in [1.807, 2.05) is 234 Å². The van der Waals surface area contributed by atoms with Gasteiger partial charge in [0.2, 0.25) is 0 Å². The third-order valence-corrected chi connectivity index (χ3v) is 21.5. The number of rotatable bonds is 21. The average Bonchev–Trinajstić information content (AvgIpc) is 1.59. The van der Waals surface area contributed by atoms with Crippen LogP contribution in [0.5, 0.6) is 28.7 Å². The number of anilines is 2. The second-order valence-corrected chi connectivity index (χ2v) is 30.1. The van der Waals surface area contributed by atoms with Crippen LogP contribution in [0.4, 0.5) is 11.4 Å². The molecule has 5 heterocycles. The number of carbonyl (C=O) groups is 5. The Hall–Kier alpha value is -10.3. The zero-order chi connectivity index (χ0) is 76.3. The summed E-state index contributed by atoms with van der Waals surface area (Å²) in [4.78, 5) is 84.4. The fourth-order valence-electron chi connectivity index (χ4n) is 10.9. The van der Waals surface area contributed by atoms with Gasteiger partial charge in [0.05, 0.1) is 55.9 Å². The van der Waals surface area contributed by atoms with Crippen LogP contribution in [0.3, 0.4) is 0 Å². The SMILES string of the molecule is C=CCN1C(=O)C(=Cc2cccc(Oc3ccccc3)c2)SC1=S.C=CCOc1ccc(C=C2SC(=S)N(C(C)c3ccccc3)C2=O)cc1.CCOc1ccc(C=C2SC(=S)N(c3c(C)n(C)n(-c4ccccc4)c3=O)C2=O)cc1.CCOc1ccc(C=C2SC(=S)N(c3cccc(C(C)=O)c3)C2=O)cc1. The highest BCUT2D eigenvalue weighted by Gasteiger charge is 2.39. The molecule has 542 valence electrons. The van der Waals surface area contributed by atoms with E-state index in [0.717, 1.165) is 62.3 Å². The number of ether oxygens (including phenoxy) is 4. The molecule has 16 nitrogen and oxygen atoms in total. The molecule has 4 amide bonds. The van der Waals surface area contributed by atoms with Crippen LogP contribution in [0.25, 0.3) is 30.0 Å². The van der Waals surface area contributed by atoms with E-state index in [1.165, 1.54) is 63.8 Å². The summed E-state index contributed by atoms with van der Waals surface area (Å²) in [6, 6.07) is 65.9. The lowest BCUT2D eigenvalue weighted by molar-refractivity contribution is -0.123. The topological polar surface area (TPSA) is 162 Å². The van der Waals surface area contributed by atoms with Crippen molar-refractivity contribution < 1.29 is 42.9 Å². The molecule has 0 bridgehead atoms. The van der Waals surface area contributed by atoms with Crippen molar-refractivity contribution in [3.63, 3.8) is 0 Å². The Kier molecular flexibility index (Phi) is 28.0. The second kappa shape index (κ2) is 37.8. The summed E-state index contributed by atoms with van der Waals surface area (Å²) in [5.41, 5.74) is 7.17. The number of Topliss-reactive ketones (excluding diaryl/α,β-unsaturated/α-hetero) is 1. The number of aromatic nitrogens is 2. The minimum absolute atomic E-state index is 0.0525. The minimum atomic E-state index is -0.296. The number of hydrogen-bond donors (Lipinski definition) is 0. The standard InChI is InChI=1S/C23H21N3O3S2.C21H19NO2S2.C20H17NO3S2.C19H15NO2S2/c1-4-29-18-12-10-16(11-13-18)14-19-21(27)25(23(30)31-19)20-15(2)24(3)26(22(20)28)17-8-6-5-7-9-17;1-3-13-24-18-11-9-16(10-12-18)14-19-20(23)22(21(25)26-19)15(2)17-7-5-4-6-8-17;1-3-24-17-9-7-14(8-10-17)11-18-19(23)21(20(25)26-18)16-6-4-5-15(12-16)13(2)22;1-2-11-20-18(21)17(24-19(20)23)13-14-7-6-10-16(12-14)22-15-8-4-3-5-9-15/h5-14H,4H2,1-3H3;3-12,14-15H,1,13H2,2H3;4-12H,3H2,1-2H3;2-10,12-13H,1,11H2. The van der Waals surface area contributed by atoms with Gasteiger partial charge in [-0.3, -0.25) is 53.0 Å². The van der Waals surface area contributed by atoms with Gasteiger partial charge in [0.15, 0.2) is 14.4 Å². The molecule has 0 aliphatic carbocycles. The van der Waals surface area contributed by atoms with Crippen molar-refractivity contribution in [2.24, 2.45) is 7.05 Å².